The van der Waals surface area contributed by atoms with Gasteiger partial charge in [-0.2, -0.15) is 0 Å². The smallest absolute Gasteiger partial charge is 0.340 e. The largest absolute Gasteiger partial charge is 0.454 e. The molecule has 4 nitrogen and oxygen atoms in total. The van der Waals surface area contributed by atoms with Crippen molar-refractivity contribution < 1.29 is 19.1 Å². The molecule has 1 aliphatic rings. The van der Waals surface area contributed by atoms with Gasteiger partial charge in [-0.25, -0.2) is 4.79 Å². The molecule has 1 aliphatic heterocycles. The van der Waals surface area contributed by atoms with Gasteiger partial charge in [-0.15, -0.1) is 0 Å². The van der Waals surface area contributed by atoms with Gasteiger partial charge in [-0.3, -0.25) is 0 Å². The summed E-state index contributed by atoms with van der Waals surface area (Å²) in [5, 5.41) is 10.3. The highest BCUT2D eigenvalue weighted by Crippen LogP contribution is 2.27. The van der Waals surface area contributed by atoms with Crippen LogP contribution in [0.15, 0.2) is 24.3 Å². The van der Waals surface area contributed by atoms with Gasteiger partial charge in [0.1, 0.15) is 6.54 Å². The van der Waals surface area contributed by atoms with Crippen molar-refractivity contribution in [2.75, 3.05) is 27.2 Å². The highest BCUT2D eigenvalue weighted by Gasteiger charge is 2.35. The van der Waals surface area contributed by atoms with Gasteiger partial charge >= 0.3 is 5.97 Å². The quantitative estimate of drug-likeness (QED) is 0.684. The second-order valence-electron chi connectivity index (χ2n) is 6.88. The van der Waals surface area contributed by atoms with Crippen molar-refractivity contribution in [3.63, 3.8) is 0 Å². The molecule has 1 fully saturated rings. The summed E-state index contributed by atoms with van der Waals surface area (Å²) >= 11 is 0. The van der Waals surface area contributed by atoms with E-state index >= 15 is 0 Å². The number of nitrogens with zero attached hydrogens (tertiary/aromatic N) is 1. The zero-order chi connectivity index (χ0) is 15.6. The molecule has 0 saturated carbocycles. The number of quaternary nitrogens is 1. The van der Waals surface area contributed by atoms with E-state index in [9.17, 15) is 9.90 Å². The minimum Gasteiger partial charge on any atom is -0.454 e. The number of aliphatic hydroxyl groups is 1. The minimum absolute atomic E-state index is 0.0895. The monoisotopic (exact) mass is 292 g/mol. The lowest BCUT2D eigenvalue weighted by Gasteiger charge is -2.23. The van der Waals surface area contributed by atoms with E-state index < -0.39 is 12.1 Å². The Morgan fingerprint density at radius 1 is 1.29 bits per heavy atom. The second kappa shape index (κ2) is 6.16. The number of esters is 1. The predicted molar refractivity (Wildman–Crippen MR) is 81.8 cm³/mol. The minimum atomic E-state index is -1.19. The molecule has 116 valence electrons. The van der Waals surface area contributed by atoms with Crippen LogP contribution in [0.25, 0.3) is 0 Å². The number of carbonyl (C=O) groups is 1. The fourth-order valence-corrected chi connectivity index (χ4v) is 2.96. The molecule has 0 spiro atoms. The van der Waals surface area contributed by atoms with Crippen LogP contribution in [0, 0.1) is 0 Å². The molecule has 2 atom stereocenters. The number of ether oxygens (including phenoxy) is 1. The fourth-order valence-electron chi connectivity index (χ4n) is 2.96. The van der Waals surface area contributed by atoms with E-state index in [0.717, 1.165) is 29.6 Å². The average molecular weight is 292 g/mol. The normalized spacial score (nSPS) is 22.3. The van der Waals surface area contributed by atoms with E-state index in [1.807, 2.05) is 32.0 Å². The number of likely N-dealkylation sites (N-methyl/N-ethyl adjacent to an activating group) is 1. The van der Waals surface area contributed by atoms with Gasteiger partial charge in [0.05, 0.1) is 20.6 Å². The summed E-state index contributed by atoms with van der Waals surface area (Å²) in [5.74, 6) is -0.277. The van der Waals surface area contributed by atoms with Crippen molar-refractivity contribution >= 4 is 5.97 Å². The molecule has 1 aromatic carbocycles. The lowest BCUT2D eigenvalue weighted by Crippen LogP contribution is -2.38. The summed E-state index contributed by atoms with van der Waals surface area (Å²) in [6, 6.07) is 7.52. The summed E-state index contributed by atoms with van der Waals surface area (Å²) in [4.78, 5) is 12.2. The maximum Gasteiger partial charge on any atom is 0.340 e. The van der Waals surface area contributed by atoms with Crippen molar-refractivity contribution in [1.29, 1.82) is 0 Å². The number of carbonyl (C=O) groups excluding carboxylic acids is 1. The summed E-state index contributed by atoms with van der Waals surface area (Å²) < 4.78 is 6.35. The number of rotatable bonds is 4. The SMILES string of the molecule is CC(C)c1ccccc1C(O)C(=O)OC1CC[N+](C)(C)C1. The van der Waals surface area contributed by atoms with Gasteiger partial charge in [0.2, 0.25) is 0 Å². The van der Waals surface area contributed by atoms with E-state index in [1.165, 1.54) is 0 Å². The lowest BCUT2D eigenvalue weighted by molar-refractivity contribution is -0.879. The van der Waals surface area contributed by atoms with Crippen molar-refractivity contribution in [3.8, 4) is 0 Å². The van der Waals surface area contributed by atoms with Crippen LogP contribution in [-0.2, 0) is 9.53 Å². The maximum absolute atomic E-state index is 12.2. The molecule has 1 saturated heterocycles. The first-order valence-electron chi connectivity index (χ1n) is 7.59. The van der Waals surface area contributed by atoms with Gasteiger partial charge in [0.25, 0.3) is 0 Å². The van der Waals surface area contributed by atoms with E-state index in [-0.39, 0.29) is 12.0 Å². The fraction of sp³-hybridized carbons (Fsp3) is 0.588. The number of hydrogen-bond donors (Lipinski definition) is 1. The van der Waals surface area contributed by atoms with Crippen LogP contribution >= 0.6 is 0 Å². The molecular weight excluding hydrogens is 266 g/mol. The van der Waals surface area contributed by atoms with Crippen molar-refractivity contribution in [3.05, 3.63) is 35.4 Å². The first kappa shape index (κ1) is 16.0. The second-order valence-corrected chi connectivity index (χ2v) is 6.88. The molecule has 2 unspecified atom stereocenters. The zero-order valence-corrected chi connectivity index (χ0v) is 13.4. The van der Waals surface area contributed by atoms with Gasteiger partial charge in [0.15, 0.2) is 12.2 Å². The molecule has 1 aromatic rings. The Morgan fingerprint density at radius 3 is 2.43 bits per heavy atom. The Balaban J connectivity index is 2.06. The van der Waals surface area contributed by atoms with Crippen molar-refractivity contribution in [2.45, 2.75) is 38.4 Å². The predicted octanol–water partition coefficient (Wildman–Crippen LogP) is 2.24. The molecule has 0 bridgehead atoms. The average Bonchev–Trinajstić information content (AvgIpc) is 2.76. The zero-order valence-electron chi connectivity index (χ0n) is 13.4. The van der Waals surface area contributed by atoms with Crippen molar-refractivity contribution in [1.82, 2.24) is 0 Å². The third-order valence-corrected chi connectivity index (χ3v) is 4.17. The third kappa shape index (κ3) is 3.83. The van der Waals surface area contributed by atoms with Gasteiger partial charge in [-0.05, 0) is 17.0 Å². The summed E-state index contributed by atoms with van der Waals surface area (Å²) in [6.45, 7) is 5.91. The summed E-state index contributed by atoms with van der Waals surface area (Å²) in [6.07, 6.45) is -0.426. The van der Waals surface area contributed by atoms with Crippen LogP contribution in [0.2, 0.25) is 0 Å². The molecular formula is C17H26NO3+. The highest BCUT2D eigenvalue weighted by molar-refractivity contribution is 5.77. The van der Waals surface area contributed by atoms with E-state index in [2.05, 4.69) is 14.1 Å². The van der Waals surface area contributed by atoms with Gasteiger partial charge < -0.3 is 14.3 Å². The molecule has 2 rings (SSSR count). The van der Waals surface area contributed by atoms with E-state index in [1.54, 1.807) is 6.07 Å². The maximum atomic E-state index is 12.2. The van der Waals surface area contributed by atoms with Crippen LogP contribution < -0.4 is 0 Å². The topological polar surface area (TPSA) is 46.5 Å². The van der Waals surface area contributed by atoms with Crippen LogP contribution in [0.4, 0.5) is 0 Å². The Hall–Kier alpha value is -1.39. The Kier molecular flexibility index (Phi) is 4.69. The van der Waals surface area contributed by atoms with E-state index in [0.29, 0.717) is 5.56 Å². The summed E-state index contributed by atoms with van der Waals surface area (Å²) in [7, 11) is 4.25. The van der Waals surface area contributed by atoms with Crippen molar-refractivity contribution in [2.24, 2.45) is 0 Å². The summed E-state index contributed by atoms with van der Waals surface area (Å²) in [5.41, 5.74) is 1.65. The molecule has 1 N–H and O–H groups in total. The Labute approximate surface area is 126 Å². The third-order valence-electron chi connectivity index (χ3n) is 4.17. The lowest BCUT2D eigenvalue weighted by atomic mass is 9.94. The van der Waals surface area contributed by atoms with Crippen LogP contribution in [0.3, 0.4) is 0 Å². The van der Waals surface area contributed by atoms with Crippen LogP contribution in [0.1, 0.15) is 43.4 Å². The molecule has 0 amide bonds. The Morgan fingerprint density at radius 2 is 1.90 bits per heavy atom. The molecule has 4 heteroatoms. The number of benzene rings is 1. The molecule has 21 heavy (non-hydrogen) atoms. The molecule has 0 aliphatic carbocycles. The van der Waals surface area contributed by atoms with Crippen LogP contribution in [-0.4, -0.2) is 48.8 Å². The number of hydrogen-bond acceptors (Lipinski definition) is 3. The standard InChI is InChI=1S/C17H26NO3/c1-12(2)14-7-5-6-8-15(14)16(19)17(20)21-13-9-10-18(3,4)11-13/h5-8,12-13,16,19H,9-11H2,1-4H3/q+1. The number of aliphatic hydroxyl groups excluding tert-OH is 1. The van der Waals surface area contributed by atoms with Crippen LogP contribution in [0.5, 0.6) is 0 Å². The van der Waals surface area contributed by atoms with Gasteiger partial charge in [-0.1, -0.05) is 38.1 Å². The molecule has 0 radical (unpaired) electrons. The first-order chi connectivity index (χ1) is 9.80. The molecule has 0 aromatic heterocycles. The first-order valence-corrected chi connectivity index (χ1v) is 7.59. The molecule has 1 heterocycles. The van der Waals surface area contributed by atoms with Gasteiger partial charge in [0, 0.05) is 6.42 Å². The highest BCUT2D eigenvalue weighted by atomic mass is 16.6. The Bertz CT molecular complexity index is 511. The van der Waals surface area contributed by atoms with E-state index in [4.69, 9.17) is 4.74 Å². The number of likely N-dealkylation sites (tertiary alicyclic amines) is 1.